The van der Waals surface area contributed by atoms with Crippen molar-refractivity contribution in [1.29, 1.82) is 0 Å². The summed E-state index contributed by atoms with van der Waals surface area (Å²) in [7, 11) is 0. The maximum absolute atomic E-state index is 10.6. The number of ether oxygens (including phenoxy) is 1. The predicted molar refractivity (Wildman–Crippen MR) is 56.3 cm³/mol. The van der Waals surface area contributed by atoms with E-state index in [0.717, 1.165) is 19.3 Å². The third kappa shape index (κ3) is 5.75. The molecule has 0 saturated heterocycles. The van der Waals surface area contributed by atoms with Gasteiger partial charge in [-0.1, -0.05) is 20.3 Å². The van der Waals surface area contributed by atoms with Gasteiger partial charge in [-0.25, -0.2) is 4.79 Å². The number of rotatable bonds is 7. The van der Waals surface area contributed by atoms with Crippen LogP contribution in [0.1, 0.15) is 40.0 Å². The summed E-state index contributed by atoms with van der Waals surface area (Å²) >= 11 is 0. The van der Waals surface area contributed by atoms with E-state index in [0.29, 0.717) is 12.2 Å². The van der Waals surface area contributed by atoms with Gasteiger partial charge in [0, 0.05) is 12.2 Å². The molecule has 0 radical (unpaired) electrons. The van der Waals surface area contributed by atoms with Crippen molar-refractivity contribution in [2.45, 2.75) is 46.1 Å². The zero-order valence-electron chi connectivity index (χ0n) is 9.25. The van der Waals surface area contributed by atoms with Gasteiger partial charge in [0.1, 0.15) is 0 Å². The summed E-state index contributed by atoms with van der Waals surface area (Å²) in [4.78, 5) is 10.6. The molecule has 0 amide bonds. The van der Waals surface area contributed by atoms with E-state index in [1.54, 1.807) is 13.0 Å². The summed E-state index contributed by atoms with van der Waals surface area (Å²) in [6.45, 7) is 6.39. The fraction of sp³-hybridized carbons (Fsp3) is 0.727. The molecular formula is C11H20O3. The van der Waals surface area contributed by atoms with Gasteiger partial charge >= 0.3 is 5.97 Å². The first-order valence-corrected chi connectivity index (χ1v) is 5.15. The molecule has 1 N–H and O–H groups in total. The van der Waals surface area contributed by atoms with Crippen LogP contribution >= 0.6 is 0 Å². The second-order valence-electron chi connectivity index (χ2n) is 3.33. The van der Waals surface area contributed by atoms with Gasteiger partial charge in [-0.3, -0.25) is 0 Å². The first-order chi connectivity index (χ1) is 6.61. The molecule has 0 saturated carbocycles. The lowest BCUT2D eigenvalue weighted by Crippen LogP contribution is -2.12. The van der Waals surface area contributed by atoms with Crippen LogP contribution in [0.15, 0.2) is 11.6 Å². The number of hydrogen-bond donors (Lipinski definition) is 1. The molecule has 0 aliphatic carbocycles. The van der Waals surface area contributed by atoms with E-state index in [2.05, 4.69) is 6.92 Å². The normalized spacial score (nSPS) is 14.1. The Kier molecular flexibility index (Phi) is 7.11. The van der Waals surface area contributed by atoms with E-state index in [1.807, 2.05) is 6.92 Å². The SMILES string of the molecule is CCCCOC(/C=C(\C)C(=O)O)CC. The van der Waals surface area contributed by atoms with Crippen molar-refractivity contribution in [3.8, 4) is 0 Å². The van der Waals surface area contributed by atoms with E-state index >= 15 is 0 Å². The number of hydrogen-bond acceptors (Lipinski definition) is 2. The number of carboxylic acids is 1. The summed E-state index contributed by atoms with van der Waals surface area (Å²) in [5, 5.41) is 8.67. The summed E-state index contributed by atoms with van der Waals surface area (Å²) in [6, 6.07) is 0. The molecule has 1 unspecified atom stereocenters. The summed E-state index contributed by atoms with van der Waals surface area (Å²) < 4.78 is 5.51. The lowest BCUT2D eigenvalue weighted by molar-refractivity contribution is -0.132. The zero-order chi connectivity index (χ0) is 11.0. The number of unbranched alkanes of at least 4 members (excludes halogenated alkanes) is 1. The van der Waals surface area contributed by atoms with Crippen LogP contribution in [0, 0.1) is 0 Å². The average molecular weight is 200 g/mol. The Morgan fingerprint density at radius 1 is 1.50 bits per heavy atom. The molecule has 3 heteroatoms. The Morgan fingerprint density at radius 3 is 2.57 bits per heavy atom. The van der Waals surface area contributed by atoms with Crippen molar-refractivity contribution < 1.29 is 14.6 Å². The highest BCUT2D eigenvalue weighted by Gasteiger charge is 2.06. The molecule has 0 aliphatic rings. The van der Waals surface area contributed by atoms with Crippen LogP contribution in [-0.4, -0.2) is 23.8 Å². The van der Waals surface area contributed by atoms with Crippen molar-refractivity contribution in [2.24, 2.45) is 0 Å². The highest BCUT2D eigenvalue weighted by Crippen LogP contribution is 2.05. The second-order valence-corrected chi connectivity index (χ2v) is 3.33. The molecule has 0 aromatic carbocycles. The molecular weight excluding hydrogens is 180 g/mol. The molecule has 0 heterocycles. The maximum atomic E-state index is 10.6. The molecule has 0 aromatic rings. The molecule has 0 aromatic heterocycles. The van der Waals surface area contributed by atoms with Gasteiger partial charge in [-0.15, -0.1) is 0 Å². The Morgan fingerprint density at radius 2 is 2.14 bits per heavy atom. The molecule has 14 heavy (non-hydrogen) atoms. The van der Waals surface area contributed by atoms with E-state index < -0.39 is 5.97 Å². The Balaban J connectivity index is 4.01. The Hall–Kier alpha value is -0.830. The molecule has 0 bridgehead atoms. The summed E-state index contributed by atoms with van der Waals surface area (Å²) in [5.74, 6) is -0.873. The second kappa shape index (κ2) is 7.56. The van der Waals surface area contributed by atoms with Crippen LogP contribution in [0.5, 0.6) is 0 Å². The van der Waals surface area contributed by atoms with Gasteiger partial charge in [-0.05, 0) is 25.8 Å². The summed E-state index contributed by atoms with van der Waals surface area (Å²) in [5.41, 5.74) is 0.355. The van der Waals surface area contributed by atoms with E-state index in [1.165, 1.54) is 0 Å². The molecule has 0 aliphatic heterocycles. The van der Waals surface area contributed by atoms with Crippen LogP contribution < -0.4 is 0 Å². The third-order valence-electron chi connectivity index (χ3n) is 2.01. The van der Waals surface area contributed by atoms with Gasteiger partial charge in [0.25, 0.3) is 0 Å². The fourth-order valence-electron chi connectivity index (χ4n) is 1.01. The lowest BCUT2D eigenvalue weighted by Gasteiger charge is -2.12. The predicted octanol–water partition coefficient (Wildman–Crippen LogP) is 2.61. The summed E-state index contributed by atoms with van der Waals surface area (Å²) in [6.07, 6.45) is 4.55. The minimum Gasteiger partial charge on any atom is -0.478 e. The largest absolute Gasteiger partial charge is 0.478 e. The average Bonchev–Trinajstić information content (AvgIpc) is 2.16. The smallest absolute Gasteiger partial charge is 0.331 e. The Bertz CT molecular complexity index is 197. The van der Waals surface area contributed by atoms with Crippen molar-refractivity contribution in [3.63, 3.8) is 0 Å². The zero-order valence-corrected chi connectivity index (χ0v) is 9.25. The monoisotopic (exact) mass is 200 g/mol. The van der Waals surface area contributed by atoms with Crippen LogP contribution in [0.2, 0.25) is 0 Å². The quantitative estimate of drug-likeness (QED) is 0.507. The van der Waals surface area contributed by atoms with E-state index in [-0.39, 0.29) is 6.10 Å². The van der Waals surface area contributed by atoms with Crippen LogP contribution in [-0.2, 0) is 9.53 Å². The molecule has 0 fully saturated rings. The Labute approximate surface area is 85.8 Å². The van der Waals surface area contributed by atoms with Crippen molar-refractivity contribution in [3.05, 3.63) is 11.6 Å². The van der Waals surface area contributed by atoms with Crippen LogP contribution in [0.4, 0.5) is 0 Å². The maximum Gasteiger partial charge on any atom is 0.331 e. The van der Waals surface area contributed by atoms with Gasteiger partial charge in [0.2, 0.25) is 0 Å². The van der Waals surface area contributed by atoms with Crippen molar-refractivity contribution >= 4 is 5.97 Å². The van der Waals surface area contributed by atoms with Gasteiger partial charge < -0.3 is 9.84 Å². The standard InChI is InChI=1S/C11H20O3/c1-4-6-7-14-10(5-2)8-9(3)11(12)13/h8,10H,4-7H2,1-3H3,(H,12,13)/b9-8+. The minimum absolute atomic E-state index is 0.0577. The topological polar surface area (TPSA) is 46.5 Å². The van der Waals surface area contributed by atoms with E-state index in [9.17, 15) is 4.79 Å². The third-order valence-corrected chi connectivity index (χ3v) is 2.01. The highest BCUT2D eigenvalue weighted by atomic mass is 16.5. The number of aliphatic carboxylic acids is 1. The van der Waals surface area contributed by atoms with Crippen molar-refractivity contribution in [1.82, 2.24) is 0 Å². The number of carbonyl (C=O) groups is 1. The highest BCUT2D eigenvalue weighted by molar-refractivity contribution is 5.85. The molecule has 0 rings (SSSR count). The lowest BCUT2D eigenvalue weighted by atomic mass is 10.2. The first kappa shape index (κ1) is 13.2. The fourth-order valence-corrected chi connectivity index (χ4v) is 1.01. The van der Waals surface area contributed by atoms with Crippen molar-refractivity contribution in [2.75, 3.05) is 6.61 Å². The van der Waals surface area contributed by atoms with Gasteiger partial charge in [0.05, 0.1) is 6.10 Å². The number of carboxylic acid groups (broad SMARTS) is 1. The van der Waals surface area contributed by atoms with Crippen LogP contribution in [0.25, 0.3) is 0 Å². The van der Waals surface area contributed by atoms with Gasteiger partial charge in [0.15, 0.2) is 0 Å². The molecule has 0 spiro atoms. The van der Waals surface area contributed by atoms with E-state index in [4.69, 9.17) is 9.84 Å². The minimum atomic E-state index is -0.873. The molecule has 1 atom stereocenters. The van der Waals surface area contributed by atoms with Crippen LogP contribution in [0.3, 0.4) is 0 Å². The molecule has 82 valence electrons. The van der Waals surface area contributed by atoms with Gasteiger partial charge in [-0.2, -0.15) is 0 Å². The first-order valence-electron chi connectivity index (χ1n) is 5.15. The molecule has 3 nitrogen and oxygen atoms in total.